The molecule has 1 heterocycles. The van der Waals surface area contributed by atoms with Crippen LogP contribution in [0.3, 0.4) is 0 Å². The number of unbranched alkanes of at least 4 members (excludes halogenated alkanes) is 16. The van der Waals surface area contributed by atoms with Crippen molar-refractivity contribution in [3.05, 3.63) is 36.5 Å². The van der Waals surface area contributed by atoms with Crippen molar-refractivity contribution in [3.8, 4) is 0 Å². The molecule has 0 amide bonds. The molecule has 1 aliphatic rings. The van der Waals surface area contributed by atoms with Crippen molar-refractivity contribution in [3.63, 3.8) is 0 Å². The average Bonchev–Trinajstić information content (AvgIpc) is 3.17. The van der Waals surface area contributed by atoms with E-state index in [0.29, 0.717) is 43.3 Å². The Bertz CT molecular complexity index is 1160. The quantitative estimate of drug-likeness (QED) is 0.0179. The SMILES string of the molecule is CC/C=C\CC(O)/C=C/C1OC(O)CC(O)C1C/C=C\CCCC(=O)OC(COCCCCCCCCCCCCCCCCCC)COP(=O)([O-])OCC[N+](C)(C)C. The van der Waals surface area contributed by atoms with Gasteiger partial charge in [-0.2, -0.15) is 0 Å². The van der Waals surface area contributed by atoms with Crippen LogP contribution in [0.4, 0.5) is 0 Å². The summed E-state index contributed by atoms with van der Waals surface area (Å²) in [5.74, 6) is -0.782. The van der Waals surface area contributed by atoms with Crippen LogP contribution in [0.5, 0.6) is 0 Å². The zero-order chi connectivity index (χ0) is 43.6. The van der Waals surface area contributed by atoms with E-state index in [0.717, 1.165) is 25.7 Å². The molecule has 0 spiro atoms. The highest BCUT2D eigenvalue weighted by molar-refractivity contribution is 7.45. The van der Waals surface area contributed by atoms with Crippen LogP contribution in [0.25, 0.3) is 0 Å². The number of hydrogen-bond acceptors (Lipinski definition) is 11. The van der Waals surface area contributed by atoms with Crippen molar-refractivity contribution in [2.24, 2.45) is 5.92 Å². The summed E-state index contributed by atoms with van der Waals surface area (Å²) in [6.45, 7) is 4.85. The van der Waals surface area contributed by atoms with Gasteiger partial charge in [-0.1, -0.05) is 147 Å². The highest BCUT2D eigenvalue weighted by Crippen LogP contribution is 2.38. The summed E-state index contributed by atoms with van der Waals surface area (Å²) in [6.07, 6.45) is 30.8. The first-order valence-electron chi connectivity index (χ1n) is 23.1. The van der Waals surface area contributed by atoms with Crippen molar-refractivity contribution in [2.45, 2.75) is 192 Å². The number of carbonyl (C=O) groups excluding carboxylic acids is 1. The standard InChI is InChI=1S/C46H86NO11P/c1-6-8-10-11-12-13-14-15-16-17-18-19-20-21-24-28-35-54-38-41(39-56-59(52,53)55-36-34-47(3,4)5)57-45(50)31-27-23-22-26-30-42-43(49)37-46(51)58-44(42)33-32-40(48)29-25-9-7-2/h9,22,25-26,32-33,40-44,46,48-49,51H,6-8,10-21,23-24,27-31,34-39H2,1-5H3/b25-9-,26-22-,33-32+. The highest BCUT2D eigenvalue weighted by Gasteiger charge is 2.35. The fourth-order valence-corrected chi connectivity index (χ4v) is 7.57. The van der Waals surface area contributed by atoms with E-state index in [1.165, 1.54) is 83.5 Å². The van der Waals surface area contributed by atoms with Gasteiger partial charge in [-0.25, -0.2) is 0 Å². The molecule has 0 bridgehead atoms. The van der Waals surface area contributed by atoms with Crippen LogP contribution in [-0.4, -0.2) is 111 Å². The van der Waals surface area contributed by atoms with Crippen molar-refractivity contribution in [1.82, 2.24) is 0 Å². The van der Waals surface area contributed by atoms with Crippen LogP contribution in [0.2, 0.25) is 0 Å². The van der Waals surface area contributed by atoms with Gasteiger partial charge in [0.15, 0.2) is 6.29 Å². The normalized spacial score (nSPS) is 21.1. The van der Waals surface area contributed by atoms with Gasteiger partial charge >= 0.3 is 5.97 Å². The summed E-state index contributed by atoms with van der Waals surface area (Å²) in [4.78, 5) is 25.3. The molecular formula is C46H86NO11P. The fourth-order valence-electron chi connectivity index (χ4n) is 6.84. The third-order valence-corrected chi connectivity index (χ3v) is 11.4. The second kappa shape index (κ2) is 35.1. The first-order valence-corrected chi connectivity index (χ1v) is 24.6. The number of likely N-dealkylation sites (N-methyl/N-ethyl adjacent to an activating group) is 1. The van der Waals surface area contributed by atoms with E-state index in [2.05, 4.69) is 6.92 Å². The van der Waals surface area contributed by atoms with Crippen molar-refractivity contribution < 1.29 is 57.3 Å². The number of ether oxygens (including phenoxy) is 3. The minimum atomic E-state index is -4.60. The molecule has 7 unspecified atom stereocenters. The van der Waals surface area contributed by atoms with Gasteiger partial charge < -0.3 is 48.0 Å². The fraction of sp³-hybridized carbons (Fsp3) is 0.848. The topological polar surface area (TPSA) is 164 Å². The number of nitrogens with zero attached hydrogens (tertiary/aromatic N) is 1. The van der Waals surface area contributed by atoms with Gasteiger partial charge in [0.1, 0.15) is 19.3 Å². The van der Waals surface area contributed by atoms with Crippen LogP contribution in [0, 0.1) is 5.92 Å². The second-order valence-electron chi connectivity index (χ2n) is 17.3. The number of allylic oxidation sites excluding steroid dienone is 3. The van der Waals surface area contributed by atoms with Gasteiger partial charge in [0.05, 0.1) is 52.7 Å². The van der Waals surface area contributed by atoms with Crippen LogP contribution in [-0.2, 0) is 32.6 Å². The molecule has 346 valence electrons. The maximum atomic E-state index is 12.8. The van der Waals surface area contributed by atoms with Crippen LogP contribution in [0.1, 0.15) is 162 Å². The first kappa shape index (κ1) is 55.6. The first-order chi connectivity index (χ1) is 28.3. The van der Waals surface area contributed by atoms with E-state index in [-0.39, 0.29) is 32.0 Å². The lowest BCUT2D eigenvalue weighted by molar-refractivity contribution is -0.870. The summed E-state index contributed by atoms with van der Waals surface area (Å²) in [5.41, 5.74) is 0. The summed E-state index contributed by atoms with van der Waals surface area (Å²) < 4.78 is 40.2. The number of aliphatic hydroxyl groups is 3. The Labute approximate surface area is 359 Å². The van der Waals surface area contributed by atoms with Crippen LogP contribution < -0.4 is 4.89 Å². The molecule has 1 saturated heterocycles. The molecule has 0 aromatic rings. The smallest absolute Gasteiger partial charge is 0.306 e. The number of phosphoric acid groups is 1. The molecule has 0 aliphatic carbocycles. The molecule has 3 N–H and O–H groups in total. The molecule has 1 aliphatic heterocycles. The summed E-state index contributed by atoms with van der Waals surface area (Å²) >= 11 is 0. The lowest BCUT2D eigenvalue weighted by Crippen LogP contribution is -2.43. The van der Waals surface area contributed by atoms with Crippen molar-refractivity contribution in [1.29, 1.82) is 0 Å². The van der Waals surface area contributed by atoms with Crippen LogP contribution >= 0.6 is 7.82 Å². The zero-order valence-electron chi connectivity index (χ0n) is 37.7. The predicted molar refractivity (Wildman–Crippen MR) is 234 cm³/mol. The van der Waals surface area contributed by atoms with E-state index >= 15 is 0 Å². The van der Waals surface area contributed by atoms with E-state index in [4.69, 9.17) is 23.3 Å². The van der Waals surface area contributed by atoms with Gasteiger partial charge in [0.2, 0.25) is 0 Å². The van der Waals surface area contributed by atoms with Crippen molar-refractivity contribution in [2.75, 3.05) is 54.1 Å². The van der Waals surface area contributed by atoms with Gasteiger partial charge in [0, 0.05) is 25.4 Å². The number of carbonyl (C=O) groups is 1. The Morgan fingerprint density at radius 1 is 0.814 bits per heavy atom. The maximum Gasteiger partial charge on any atom is 0.306 e. The second-order valence-corrected chi connectivity index (χ2v) is 18.7. The molecule has 0 radical (unpaired) electrons. The third kappa shape index (κ3) is 32.9. The Balaban J connectivity index is 2.46. The molecule has 7 atom stereocenters. The van der Waals surface area contributed by atoms with E-state index in [1.807, 2.05) is 52.4 Å². The molecule has 59 heavy (non-hydrogen) atoms. The Morgan fingerprint density at radius 3 is 2.02 bits per heavy atom. The predicted octanol–water partition coefficient (Wildman–Crippen LogP) is 8.86. The lowest BCUT2D eigenvalue weighted by Gasteiger charge is -2.36. The Morgan fingerprint density at radius 2 is 1.42 bits per heavy atom. The zero-order valence-corrected chi connectivity index (χ0v) is 38.6. The molecule has 0 aromatic carbocycles. The average molecular weight is 860 g/mol. The minimum Gasteiger partial charge on any atom is -0.756 e. The van der Waals surface area contributed by atoms with Crippen molar-refractivity contribution >= 4 is 13.8 Å². The maximum absolute atomic E-state index is 12.8. The molecule has 0 saturated carbocycles. The number of quaternary nitrogens is 1. The van der Waals surface area contributed by atoms with Gasteiger partial charge in [0.25, 0.3) is 7.82 Å². The lowest BCUT2D eigenvalue weighted by atomic mass is 9.87. The van der Waals surface area contributed by atoms with Gasteiger partial charge in [-0.05, 0) is 38.5 Å². The third-order valence-electron chi connectivity index (χ3n) is 10.5. The summed E-state index contributed by atoms with van der Waals surface area (Å²) in [6, 6.07) is 0. The molecular weight excluding hydrogens is 773 g/mol. The summed E-state index contributed by atoms with van der Waals surface area (Å²) in [7, 11) is 1.19. The van der Waals surface area contributed by atoms with Crippen LogP contribution in [0.15, 0.2) is 36.5 Å². The molecule has 1 fully saturated rings. The number of hydrogen-bond donors (Lipinski definition) is 3. The van der Waals surface area contributed by atoms with E-state index in [1.54, 1.807) is 12.2 Å². The number of esters is 1. The van der Waals surface area contributed by atoms with E-state index in [9.17, 15) is 29.6 Å². The molecule has 1 rings (SSSR count). The summed E-state index contributed by atoms with van der Waals surface area (Å²) in [5, 5.41) is 31.0. The minimum absolute atomic E-state index is 0.0197. The largest absolute Gasteiger partial charge is 0.756 e. The molecule has 13 heteroatoms. The Kier molecular flexibility index (Phi) is 33.0. The van der Waals surface area contributed by atoms with Gasteiger partial charge in [-0.3, -0.25) is 9.36 Å². The van der Waals surface area contributed by atoms with Gasteiger partial charge in [-0.15, -0.1) is 0 Å². The monoisotopic (exact) mass is 860 g/mol. The number of rotatable bonds is 38. The molecule has 0 aromatic heterocycles. The number of aliphatic hydroxyl groups excluding tert-OH is 3. The Hall–Kier alpha value is -1.44. The number of phosphoric ester groups is 1. The highest BCUT2D eigenvalue weighted by atomic mass is 31.2. The molecule has 12 nitrogen and oxygen atoms in total. The van der Waals surface area contributed by atoms with E-state index < -0.39 is 51.1 Å².